The smallest absolute Gasteiger partial charge is 0.254 e. The first-order valence-corrected chi connectivity index (χ1v) is 13.5. The van der Waals surface area contributed by atoms with Crippen molar-refractivity contribution in [2.24, 2.45) is 0 Å². The summed E-state index contributed by atoms with van der Waals surface area (Å²) in [6.07, 6.45) is 8.76. The summed E-state index contributed by atoms with van der Waals surface area (Å²) in [5.74, 6) is -0.741. The van der Waals surface area contributed by atoms with Gasteiger partial charge >= 0.3 is 0 Å². The second-order valence-corrected chi connectivity index (χ2v) is 9.88. The molecule has 43 heavy (non-hydrogen) atoms. The van der Waals surface area contributed by atoms with Crippen molar-refractivity contribution >= 4 is 22.9 Å². The van der Waals surface area contributed by atoms with E-state index >= 15 is 0 Å². The van der Waals surface area contributed by atoms with Crippen LogP contribution in [-0.2, 0) is 12.8 Å². The first-order valence-electron chi connectivity index (χ1n) is 13.5. The van der Waals surface area contributed by atoms with Gasteiger partial charge in [0.05, 0.1) is 11.1 Å². The summed E-state index contributed by atoms with van der Waals surface area (Å²) in [5.41, 5.74) is 12.1. The highest BCUT2D eigenvalue weighted by Crippen LogP contribution is 2.33. The maximum Gasteiger partial charge on any atom is 0.254 e. The lowest BCUT2D eigenvalue weighted by Crippen LogP contribution is -2.19. The monoisotopic (exact) mass is 578 g/mol. The lowest BCUT2D eigenvalue weighted by Gasteiger charge is -2.12. The first-order chi connectivity index (χ1) is 20.8. The summed E-state index contributed by atoms with van der Waals surface area (Å²) in [4.78, 5) is 25.0. The molecule has 11 nitrogen and oxygen atoms in total. The minimum absolute atomic E-state index is 0.308. The van der Waals surface area contributed by atoms with E-state index in [9.17, 15) is 9.18 Å². The van der Waals surface area contributed by atoms with Crippen molar-refractivity contribution in [1.82, 2.24) is 34.6 Å². The SMILES string of the molecule is CNC(=O)c1cc(O)c(O)cc1F.Nc1ncccc1-c1nc2ccc(-n3cccn3)nc2n1-c1ccc2c(c1)CCC2. The van der Waals surface area contributed by atoms with Crippen LogP contribution in [0.5, 0.6) is 11.5 Å². The maximum atomic E-state index is 12.9. The highest BCUT2D eigenvalue weighted by atomic mass is 19.1. The predicted molar refractivity (Wildman–Crippen MR) is 159 cm³/mol. The largest absolute Gasteiger partial charge is 0.504 e. The Bertz CT molecular complexity index is 1970. The number of hydrogen-bond donors (Lipinski definition) is 4. The highest BCUT2D eigenvalue weighted by Gasteiger charge is 2.20. The molecule has 12 heteroatoms. The van der Waals surface area contributed by atoms with Crippen LogP contribution in [0.25, 0.3) is 34.1 Å². The number of nitrogens with two attached hydrogens (primary N) is 1. The predicted octanol–water partition coefficient (Wildman–Crippen LogP) is 4.34. The quantitative estimate of drug-likeness (QED) is 0.225. The van der Waals surface area contributed by atoms with E-state index in [4.69, 9.17) is 25.9 Å². The number of nitrogen functional groups attached to an aromatic ring is 1. The van der Waals surface area contributed by atoms with Gasteiger partial charge in [-0.05, 0) is 78.9 Å². The lowest BCUT2D eigenvalue weighted by atomic mass is 10.1. The number of hydrogen-bond acceptors (Lipinski definition) is 8. The zero-order valence-corrected chi connectivity index (χ0v) is 23.1. The summed E-state index contributed by atoms with van der Waals surface area (Å²) < 4.78 is 16.8. The van der Waals surface area contributed by atoms with Gasteiger partial charge in [0.1, 0.15) is 17.2 Å². The molecule has 1 amide bonds. The Kier molecular flexibility index (Phi) is 7.16. The third-order valence-corrected chi connectivity index (χ3v) is 7.18. The number of nitrogens with zero attached hydrogens (tertiary/aromatic N) is 6. The molecule has 0 bridgehead atoms. The molecule has 5 N–H and O–H groups in total. The number of carbonyl (C=O) groups excluding carboxylic acids is 1. The average Bonchev–Trinajstić information content (AvgIpc) is 3.78. The van der Waals surface area contributed by atoms with Gasteiger partial charge in [0.2, 0.25) is 0 Å². The van der Waals surface area contributed by atoms with Crippen molar-refractivity contribution in [3.8, 4) is 34.4 Å². The number of phenols is 2. The van der Waals surface area contributed by atoms with Crippen LogP contribution in [0.4, 0.5) is 10.2 Å². The van der Waals surface area contributed by atoms with Gasteiger partial charge in [0.25, 0.3) is 5.91 Å². The Labute approximate surface area is 245 Å². The molecule has 0 radical (unpaired) electrons. The molecule has 0 unspecified atom stereocenters. The Morgan fingerprint density at radius 3 is 2.56 bits per heavy atom. The minimum Gasteiger partial charge on any atom is -0.504 e. The Hall–Kier alpha value is -5.78. The van der Waals surface area contributed by atoms with E-state index in [0.717, 1.165) is 53.0 Å². The molecule has 0 saturated carbocycles. The normalized spacial score (nSPS) is 12.0. The van der Waals surface area contributed by atoms with Gasteiger partial charge in [-0.2, -0.15) is 5.10 Å². The summed E-state index contributed by atoms with van der Waals surface area (Å²) in [6.45, 7) is 0. The van der Waals surface area contributed by atoms with Crippen LogP contribution in [0.1, 0.15) is 27.9 Å². The number of aryl methyl sites for hydroxylation is 2. The van der Waals surface area contributed by atoms with Crippen LogP contribution < -0.4 is 11.1 Å². The summed E-state index contributed by atoms with van der Waals surface area (Å²) >= 11 is 0. The van der Waals surface area contributed by atoms with E-state index < -0.39 is 23.2 Å². The number of nitrogens with one attached hydrogen (secondary N) is 1. The Balaban J connectivity index is 0.000000214. The number of phenolic OH excluding ortho intramolecular Hbond substituents is 2. The Morgan fingerprint density at radius 1 is 0.977 bits per heavy atom. The van der Waals surface area contributed by atoms with Crippen LogP contribution >= 0.6 is 0 Å². The van der Waals surface area contributed by atoms with Gasteiger partial charge in [-0.15, -0.1) is 0 Å². The van der Waals surface area contributed by atoms with Crippen LogP contribution in [0, 0.1) is 5.82 Å². The topological polar surface area (TPSA) is 157 Å². The number of imidazole rings is 1. The fourth-order valence-corrected chi connectivity index (χ4v) is 5.07. The number of halogens is 1. The number of fused-ring (bicyclic) bond motifs is 2. The number of benzene rings is 2. The summed E-state index contributed by atoms with van der Waals surface area (Å²) in [5, 5.41) is 24.3. The molecule has 216 valence electrons. The van der Waals surface area contributed by atoms with Crippen LogP contribution in [0.2, 0.25) is 0 Å². The minimum atomic E-state index is -0.880. The molecule has 2 aromatic carbocycles. The Morgan fingerprint density at radius 2 is 1.79 bits per heavy atom. The lowest BCUT2D eigenvalue weighted by molar-refractivity contribution is 0.0958. The zero-order chi connectivity index (χ0) is 30.1. The molecule has 1 aliphatic rings. The molecular formula is C31H27FN8O3. The molecule has 0 spiro atoms. The van der Waals surface area contributed by atoms with E-state index in [2.05, 4.69) is 38.2 Å². The molecule has 7 rings (SSSR count). The van der Waals surface area contributed by atoms with E-state index in [0.29, 0.717) is 11.9 Å². The third kappa shape index (κ3) is 5.21. The van der Waals surface area contributed by atoms with Crippen molar-refractivity contribution in [2.45, 2.75) is 19.3 Å². The fraction of sp³-hybridized carbons (Fsp3) is 0.129. The van der Waals surface area contributed by atoms with Gasteiger partial charge < -0.3 is 21.3 Å². The molecule has 6 aromatic rings. The number of amides is 1. The molecule has 0 saturated heterocycles. The summed E-state index contributed by atoms with van der Waals surface area (Å²) in [6, 6.07) is 17.8. The van der Waals surface area contributed by atoms with Gasteiger partial charge in [-0.25, -0.2) is 24.0 Å². The third-order valence-electron chi connectivity index (χ3n) is 7.18. The standard InChI is InChI=1S/C23H19N7.C8H8FNO3/c24-21-18(6-2-11-25-21)22-27-19-9-10-20(29-13-3-12-26-29)28-23(19)30(22)17-8-7-15-4-1-5-16(15)14-17;1-10-8(13)4-2-6(11)7(12)3-5(4)9/h2-3,6-14H,1,4-5H2,(H2,24,25);2-3,11-12H,1H3,(H,10,13). The fourth-order valence-electron chi connectivity index (χ4n) is 5.07. The number of aromatic hydroxyl groups is 2. The van der Waals surface area contributed by atoms with Crippen LogP contribution in [0.3, 0.4) is 0 Å². The van der Waals surface area contributed by atoms with E-state index in [-0.39, 0.29) is 5.56 Å². The average molecular weight is 579 g/mol. The van der Waals surface area contributed by atoms with Gasteiger partial charge in [-0.3, -0.25) is 9.36 Å². The van der Waals surface area contributed by atoms with Gasteiger partial charge in [0, 0.05) is 37.4 Å². The van der Waals surface area contributed by atoms with Crippen molar-refractivity contribution in [3.05, 3.63) is 102 Å². The van der Waals surface area contributed by atoms with E-state index in [1.165, 1.54) is 24.6 Å². The highest BCUT2D eigenvalue weighted by molar-refractivity contribution is 5.95. The van der Waals surface area contributed by atoms with Gasteiger partial charge in [-0.1, -0.05) is 6.07 Å². The second kappa shape index (κ2) is 11.2. The maximum absolute atomic E-state index is 12.9. The molecule has 4 heterocycles. The molecular weight excluding hydrogens is 551 g/mol. The molecule has 1 aliphatic carbocycles. The first kappa shape index (κ1) is 27.4. The molecule has 4 aromatic heterocycles. The van der Waals surface area contributed by atoms with Crippen LogP contribution in [0.15, 0.2) is 79.3 Å². The molecule has 0 atom stereocenters. The molecule has 0 aliphatic heterocycles. The van der Waals surface area contributed by atoms with Crippen LogP contribution in [-0.4, -0.2) is 52.5 Å². The van der Waals surface area contributed by atoms with Crippen molar-refractivity contribution in [2.75, 3.05) is 12.8 Å². The van der Waals surface area contributed by atoms with E-state index in [1.54, 1.807) is 17.1 Å². The van der Waals surface area contributed by atoms with Crippen molar-refractivity contribution < 1.29 is 19.4 Å². The number of carbonyl (C=O) groups is 1. The number of aromatic nitrogens is 6. The number of anilines is 1. The summed E-state index contributed by atoms with van der Waals surface area (Å²) in [7, 11) is 1.34. The number of pyridine rings is 2. The van der Waals surface area contributed by atoms with E-state index in [1.807, 2.05) is 36.5 Å². The second-order valence-electron chi connectivity index (χ2n) is 9.88. The molecule has 0 fully saturated rings. The zero-order valence-electron chi connectivity index (χ0n) is 23.1. The number of rotatable bonds is 4. The van der Waals surface area contributed by atoms with Crippen molar-refractivity contribution in [3.63, 3.8) is 0 Å². The van der Waals surface area contributed by atoms with Gasteiger partial charge in [0.15, 0.2) is 28.8 Å². The van der Waals surface area contributed by atoms with Crippen molar-refractivity contribution in [1.29, 1.82) is 0 Å².